The van der Waals surface area contributed by atoms with Crippen molar-refractivity contribution in [2.75, 3.05) is 5.75 Å². The molecular weight excluding hydrogens is 112 g/mol. The number of rotatable bonds is 1. The molecule has 0 aliphatic rings. The van der Waals surface area contributed by atoms with Crippen LogP contribution in [0.1, 0.15) is 6.92 Å². The lowest BCUT2D eigenvalue weighted by molar-refractivity contribution is 0.617. The molecule has 0 rings (SSSR count). The lowest BCUT2D eigenvalue weighted by Gasteiger charge is -1.64. The van der Waals surface area contributed by atoms with Gasteiger partial charge in [0, 0.05) is 0 Å². The van der Waals surface area contributed by atoms with E-state index in [2.05, 4.69) is 11.8 Å². The Morgan fingerprint density at radius 1 is 1.57 bits per heavy atom. The molecule has 0 heterocycles. The third-order valence-electron chi connectivity index (χ3n) is 0.385. The lowest BCUT2D eigenvalue weighted by Crippen LogP contribution is -1.78. The van der Waals surface area contributed by atoms with E-state index in [1.807, 2.05) is 0 Å². The molecule has 0 N–H and O–H groups in total. The fourth-order valence-electron chi connectivity index (χ4n) is 0.144. The van der Waals surface area contributed by atoms with Gasteiger partial charge in [-0.2, -0.15) is 0 Å². The molecular formula is C4H6O2S. The lowest BCUT2D eigenvalue weighted by atomic mass is 10.7. The fraction of sp³-hybridized carbons (Fsp3) is 0.500. The summed E-state index contributed by atoms with van der Waals surface area (Å²) in [6.45, 7) is 1.61. The van der Waals surface area contributed by atoms with Crippen molar-refractivity contribution >= 4 is 10.7 Å². The smallest absolute Gasteiger partial charge is 0.151 e. The zero-order chi connectivity index (χ0) is 5.70. The summed E-state index contributed by atoms with van der Waals surface area (Å²) in [6.07, 6.45) is 0. The summed E-state index contributed by atoms with van der Waals surface area (Å²) in [4.78, 5) is 0. The van der Waals surface area contributed by atoms with Gasteiger partial charge in [0.1, 0.15) is 5.75 Å². The van der Waals surface area contributed by atoms with Crippen molar-refractivity contribution in [3.8, 4) is 11.8 Å². The summed E-state index contributed by atoms with van der Waals surface area (Å²) < 4.78 is 19.4. The van der Waals surface area contributed by atoms with Crippen molar-refractivity contribution in [1.29, 1.82) is 0 Å². The van der Waals surface area contributed by atoms with Crippen LogP contribution >= 0.6 is 0 Å². The van der Waals surface area contributed by atoms with Crippen LogP contribution < -0.4 is 0 Å². The number of thiol groups is 1. The van der Waals surface area contributed by atoms with Gasteiger partial charge in [0.15, 0.2) is 10.7 Å². The van der Waals surface area contributed by atoms with Gasteiger partial charge in [-0.1, -0.05) is 5.92 Å². The Balaban J connectivity index is 3.47. The van der Waals surface area contributed by atoms with Gasteiger partial charge < -0.3 is 0 Å². The normalized spacial score (nSPS) is 7.71. The summed E-state index contributed by atoms with van der Waals surface area (Å²) in [5.74, 6) is 4.86. The second-order valence-electron chi connectivity index (χ2n) is 0.918. The van der Waals surface area contributed by atoms with Crippen LogP contribution in [0, 0.1) is 11.8 Å². The van der Waals surface area contributed by atoms with Crippen molar-refractivity contribution in [1.82, 2.24) is 0 Å². The minimum absolute atomic E-state index is 0.00810. The van der Waals surface area contributed by atoms with Crippen LogP contribution in [0.15, 0.2) is 0 Å². The van der Waals surface area contributed by atoms with E-state index in [-0.39, 0.29) is 5.75 Å². The molecule has 0 aromatic carbocycles. The van der Waals surface area contributed by atoms with E-state index in [1.54, 1.807) is 6.92 Å². The summed E-state index contributed by atoms with van der Waals surface area (Å²) in [7, 11) is -2.28. The summed E-state index contributed by atoms with van der Waals surface area (Å²) in [5, 5.41) is 0. The van der Waals surface area contributed by atoms with Gasteiger partial charge in [0.05, 0.1) is 0 Å². The Morgan fingerprint density at radius 2 is 2.14 bits per heavy atom. The molecule has 0 atom stereocenters. The molecule has 0 radical (unpaired) electrons. The first kappa shape index (κ1) is 6.51. The minimum Gasteiger partial charge on any atom is -0.231 e. The summed E-state index contributed by atoms with van der Waals surface area (Å²) in [6, 6.07) is 0. The largest absolute Gasteiger partial charge is 0.231 e. The maximum atomic E-state index is 9.69. The highest BCUT2D eigenvalue weighted by Gasteiger charge is 1.72. The number of hydrogen-bond donors (Lipinski definition) is 1. The van der Waals surface area contributed by atoms with Crippen LogP contribution in [-0.2, 0) is 10.7 Å². The Morgan fingerprint density at radius 3 is 2.29 bits per heavy atom. The average molecular weight is 118 g/mol. The SMILES string of the molecule is CC#CC[SH](=O)=O. The molecule has 0 spiro atoms. The Kier molecular flexibility index (Phi) is 3.43. The van der Waals surface area contributed by atoms with Gasteiger partial charge in [-0.25, -0.2) is 8.42 Å². The van der Waals surface area contributed by atoms with E-state index in [9.17, 15) is 8.42 Å². The Labute approximate surface area is 44.5 Å². The predicted molar refractivity (Wildman–Crippen MR) is 28.6 cm³/mol. The van der Waals surface area contributed by atoms with Gasteiger partial charge in [-0.15, -0.1) is 5.92 Å². The monoisotopic (exact) mass is 118 g/mol. The van der Waals surface area contributed by atoms with Gasteiger partial charge in [-0.05, 0) is 6.92 Å². The molecule has 40 valence electrons. The third-order valence-corrected chi connectivity index (χ3v) is 0.801. The first-order valence-electron chi connectivity index (χ1n) is 1.78. The third kappa shape index (κ3) is 5.51. The van der Waals surface area contributed by atoms with Crippen molar-refractivity contribution < 1.29 is 8.42 Å². The minimum atomic E-state index is -2.28. The maximum Gasteiger partial charge on any atom is 0.151 e. The van der Waals surface area contributed by atoms with E-state index in [4.69, 9.17) is 0 Å². The van der Waals surface area contributed by atoms with Crippen molar-refractivity contribution in [3.05, 3.63) is 0 Å². The Hall–Kier alpha value is -0.490. The van der Waals surface area contributed by atoms with Crippen molar-refractivity contribution in [2.24, 2.45) is 0 Å². The highest BCUT2D eigenvalue weighted by atomic mass is 32.2. The van der Waals surface area contributed by atoms with E-state index >= 15 is 0 Å². The fourth-order valence-corrected chi connectivity index (χ4v) is 0.431. The zero-order valence-corrected chi connectivity index (χ0v) is 4.87. The molecule has 7 heavy (non-hydrogen) atoms. The van der Waals surface area contributed by atoms with Crippen LogP contribution in [0.2, 0.25) is 0 Å². The quantitative estimate of drug-likeness (QED) is 0.376. The molecule has 0 bridgehead atoms. The van der Waals surface area contributed by atoms with Crippen molar-refractivity contribution in [2.45, 2.75) is 6.92 Å². The molecule has 0 aromatic heterocycles. The van der Waals surface area contributed by atoms with Gasteiger partial charge >= 0.3 is 0 Å². The molecule has 0 amide bonds. The molecule has 0 aliphatic heterocycles. The average Bonchev–Trinajstić information content (AvgIpc) is 1.61. The molecule has 3 heteroatoms. The van der Waals surface area contributed by atoms with Crippen LogP contribution in [-0.4, -0.2) is 14.2 Å². The first-order chi connectivity index (χ1) is 3.27. The van der Waals surface area contributed by atoms with Crippen LogP contribution in [0.4, 0.5) is 0 Å². The molecule has 0 saturated heterocycles. The maximum absolute atomic E-state index is 9.69. The van der Waals surface area contributed by atoms with Crippen LogP contribution in [0.3, 0.4) is 0 Å². The molecule has 0 saturated carbocycles. The van der Waals surface area contributed by atoms with E-state index in [1.165, 1.54) is 0 Å². The summed E-state index contributed by atoms with van der Waals surface area (Å²) >= 11 is 0. The van der Waals surface area contributed by atoms with E-state index in [0.717, 1.165) is 0 Å². The standard InChI is InChI=1S/C4H6O2S/c1-2-3-4-7(5)6/h7H,4H2,1H3. The molecule has 0 aromatic rings. The second-order valence-corrected chi connectivity index (χ2v) is 1.90. The predicted octanol–water partition coefficient (Wildman–Crippen LogP) is -0.379. The van der Waals surface area contributed by atoms with Crippen LogP contribution in [0.25, 0.3) is 0 Å². The van der Waals surface area contributed by atoms with E-state index in [0.29, 0.717) is 0 Å². The van der Waals surface area contributed by atoms with Gasteiger partial charge in [0.2, 0.25) is 0 Å². The molecule has 0 aliphatic carbocycles. The molecule has 2 nitrogen and oxygen atoms in total. The van der Waals surface area contributed by atoms with Gasteiger partial charge in [-0.3, -0.25) is 0 Å². The topological polar surface area (TPSA) is 34.1 Å². The molecule has 0 fully saturated rings. The highest BCUT2D eigenvalue weighted by Crippen LogP contribution is 1.58. The first-order valence-corrected chi connectivity index (χ1v) is 3.15. The molecule has 0 unspecified atom stereocenters. The van der Waals surface area contributed by atoms with Crippen molar-refractivity contribution in [3.63, 3.8) is 0 Å². The zero-order valence-electron chi connectivity index (χ0n) is 3.97. The van der Waals surface area contributed by atoms with Crippen LogP contribution in [0.5, 0.6) is 0 Å². The second kappa shape index (κ2) is 3.69. The highest BCUT2D eigenvalue weighted by molar-refractivity contribution is 7.72. The van der Waals surface area contributed by atoms with Gasteiger partial charge in [0.25, 0.3) is 0 Å². The Bertz CT molecular complexity index is 150. The number of hydrogen-bond acceptors (Lipinski definition) is 2. The summed E-state index contributed by atoms with van der Waals surface area (Å²) in [5.41, 5.74) is 0. The van der Waals surface area contributed by atoms with E-state index < -0.39 is 10.7 Å².